The van der Waals surface area contributed by atoms with Gasteiger partial charge in [-0.3, -0.25) is 9.59 Å². The predicted molar refractivity (Wildman–Crippen MR) is 109 cm³/mol. The molecule has 7 heteroatoms. The van der Waals surface area contributed by atoms with E-state index in [2.05, 4.69) is 21.2 Å². The van der Waals surface area contributed by atoms with Gasteiger partial charge >= 0.3 is 0 Å². The van der Waals surface area contributed by atoms with Crippen molar-refractivity contribution in [2.75, 3.05) is 18.5 Å². The fourth-order valence-corrected chi connectivity index (χ4v) is 3.47. The van der Waals surface area contributed by atoms with Crippen LogP contribution in [0.4, 0.5) is 10.1 Å². The van der Waals surface area contributed by atoms with Crippen molar-refractivity contribution in [1.29, 1.82) is 0 Å². The van der Waals surface area contributed by atoms with Crippen LogP contribution in [0.1, 0.15) is 26.3 Å². The predicted octanol–water partition coefficient (Wildman–Crippen LogP) is 4.84. The summed E-state index contributed by atoms with van der Waals surface area (Å²) in [7, 11) is 0. The molecular formula is C22H15BrFNO4. The third kappa shape index (κ3) is 3.86. The van der Waals surface area contributed by atoms with E-state index in [0.717, 1.165) is 0 Å². The maximum Gasteiger partial charge on any atom is 0.258 e. The topological polar surface area (TPSA) is 64.6 Å². The number of halogens is 2. The molecule has 1 heterocycles. The van der Waals surface area contributed by atoms with E-state index in [-0.39, 0.29) is 22.6 Å². The smallest absolute Gasteiger partial charge is 0.258 e. The van der Waals surface area contributed by atoms with Crippen LogP contribution in [-0.4, -0.2) is 24.9 Å². The van der Waals surface area contributed by atoms with Gasteiger partial charge in [-0.05, 0) is 30.3 Å². The van der Waals surface area contributed by atoms with Gasteiger partial charge in [0.1, 0.15) is 19.0 Å². The van der Waals surface area contributed by atoms with E-state index in [1.165, 1.54) is 30.3 Å². The molecule has 0 aliphatic carbocycles. The SMILES string of the molecule is O=C(Nc1cc2c(cc1C(=O)c1ccccc1Br)OCCO2)c1ccccc1F. The quantitative estimate of drug-likeness (QED) is 0.571. The third-order valence-corrected chi connectivity index (χ3v) is 5.10. The Bertz CT molecular complexity index is 1120. The number of ether oxygens (including phenoxy) is 2. The highest BCUT2D eigenvalue weighted by Gasteiger charge is 2.24. The normalized spacial score (nSPS) is 12.3. The average molecular weight is 456 g/mol. The van der Waals surface area contributed by atoms with Crippen LogP contribution in [0, 0.1) is 5.82 Å². The number of benzene rings is 3. The Hall–Kier alpha value is -3.19. The van der Waals surface area contributed by atoms with Gasteiger partial charge < -0.3 is 14.8 Å². The summed E-state index contributed by atoms with van der Waals surface area (Å²) in [6.45, 7) is 0.710. The molecule has 0 spiro atoms. The number of fused-ring (bicyclic) bond motifs is 1. The summed E-state index contributed by atoms with van der Waals surface area (Å²) in [5.74, 6) is -0.820. The first-order valence-electron chi connectivity index (χ1n) is 8.83. The van der Waals surface area contributed by atoms with E-state index in [1.54, 1.807) is 30.3 Å². The summed E-state index contributed by atoms with van der Waals surface area (Å²) in [6.07, 6.45) is 0. The Balaban J connectivity index is 1.78. The summed E-state index contributed by atoms with van der Waals surface area (Å²) in [5, 5.41) is 2.64. The Labute approximate surface area is 174 Å². The maximum atomic E-state index is 14.0. The molecule has 3 aromatic rings. The lowest BCUT2D eigenvalue weighted by atomic mass is 10.0. The minimum Gasteiger partial charge on any atom is -0.486 e. The molecule has 1 amide bonds. The van der Waals surface area contributed by atoms with Gasteiger partial charge in [0.05, 0.1) is 16.8 Å². The minimum atomic E-state index is -0.666. The van der Waals surface area contributed by atoms with Crippen LogP contribution in [0.2, 0.25) is 0 Å². The Morgan fingerprint density at radius 1 is 0.862 bits per heavy atom. The molecule has 29 heavy (non-hydrogen) atoms. The molecule has 0 bridgehead atoms. The molecule has 0 fully saturated rings. The van der Waals surface area contributed by atoms with Crippen molar-refractivity contribution in [2.24, 2.45) is 0 Å². The second kappa shape index (κ2) is 8.05. The molecule has 0 aromatic heterocycles. The molecule has 0 saturated carbocycles. The standard InChI is InChI=1S/C22H15BrFNO4/c23-16-7-3-1-5-13(16)21(26)15-11-19-20(29-10-9-28-19)12-18(15)25-22(27)14-6-2-4-8-17(14)24/h1-8,11-12H,9-10H2,(H,25,27). The molecule has 0 saturated heterocycles. The second-order valence-electron chi connectivity index (χ2n) is 6.28. The van der Waals surface area contributed by atoms with E-state index in [0.29, 0.717) is 34.7 Å². The number of hydrogen-bond donors (Lipinski definition) is 1. The Morgan fingerprint density at radius 3 is 2.17 bits per heavy atom. The van der Waals surface area contributed by atoms with Crippen molar-refractivity contribution in [3.8, 4) is 11.5 Å². The van der Waals surface area contributed by atoms with Crippen LogP contribution >= 0.6 is 15.9 Å². The number of carbonyl (C=O) groups excluding carboxylic acids is 2. The van der Waals surface area contributed by atoms with Gasteiger partial charge in [-0.1, -0.05) is 40.2 Å². The van der Waals surface area contributed by atoms with Crippen molar-refractivity contribution in [1.82, 2.24) is 0 Å². The summed E-state index contributed by atoms with van der Waals surface area (Å²) in [6, 6.07) is 15.7. The van der Waals surface area contributed by atoms with Gasteiger partial charge in [0.25, 0.3) is 5.91 Å². The zero-order valence-electron chi connectivity index (χ0n) is 15.1. The van der Waals surface area contributed by atoms with Crippen molar-refractivity contribution in [2.45, 2.75) is 0 Å². The molecule has 1 N–H and O–H groups in total. The highest BCUT2D eigenvalue weighted by molar-refractivity contribution is 9.10. The molecule has 1 aliphatic rings. The first-order valence-corrected chi connectivity index (χ1v) is 9.62. The van der Waals surface area contributed by atoms with E-state index in [1.807, 2.05) is 0 Å². The lowest BCUT2D eigenvalue weighted by Gasteiger charge is -2.21. The number of rotatable bonds is 4. The summed E-state index contributed by atoms with van der Waals surface area (Å²) in [5.41, 5.74) is 0.723. The largest absolute Gasteiger partial charge is 0.486 e. The third-order valence-electron chi connectivity index (χ3n) is 4.41. The number of hydrogen-bond acceptors (Lipinski definition) is 4. The maximum absolute atomic E-state index is 14.0. The lowest BCUT2D eigenvalue weighted by Crippen LogP contribution is -2.19. The highest BCUT2D eigenvalue weighted by Crippen LogP contribution is 2.37. The fourth-order valence-electron chi connectivity index (χ4n) is 3.01. The Kier molecular flexibility index (Phi) is 5.31. The van der Waals surface area contributed by atoms with Crippen LogP contribution in [-0.2, 0) is 0 Å². The van der Waals surface area contributed by atoms with E-state index in [4.69, 9.17) is 9.47 Å². The fraction of sp³-hybridized carbons (Fsp3) is 0.0909. The summed E-state index contributed by atoms with van der Waals surface area (Å²) < 4.78 is 25.8. The van der Waals surface area contributed by atoms with Crippen molar-refractivity contribution >= 4 is 33.3 Å². The molecular weight excluding hydrogens is 441 g/mol. The van der Waals surface area contributed by atoms with E-state index in [9.17, 15) is 14.0 Å². The second-order valence-corrected chi connectivity index (χ2v) is 7.14. The molecule has 0 radical (unpaired) electrons. The summed E-state index contributed by atoms with van der Waals surface area (Å²) in [4.78, 5) is 25.8. The molecule has 0 atom stereocenters. The highest BCUT2D eigenvalue weighted by atomic mass is 79.9. The number of amides is 1. The molecule has 5 nitrogen and oxygen atoms in total. The average Bonchev–Trinajstić information content (AvgIpc) is 2.73. The lowest BCUT2D eigenvalue weighted by molar-refractivity contribution is 0.102. The monoisotopic (exact) mass is 455 g/mol. The molecule has 146 valence electrons. The van der Waals surface area contributed by atoms with Gasteiger partial charge in [0, 0.05) is 16.1 Å². The first kappa shape index (κ1) is 19.1. The van der Waals surface area contributed by atoms with Crippen LogP contribution in [0.15, 0.2) is 65.1 Å². The number of ketones is 1. The van der Waals surface area contributed by atoms with Crippen LogP contribution < -0.4 is 14.8 Å². The van der Waals surface area contributed by atoms with Gasteiger partial charge in [-0.15, -0.1) is 0 Å². The molecule has 0 unspecified atom stereocenters. The van der Waals surface area contributed by atoms with Crippen molar-refractivity contribution in [3.05, 3.63) is 87.6 Å². The number of nitrogens with one attached hydrogen (secondary N) is 1. The minimum absolute atomic E-state index is 0.123. The van der Waals surface area contributed by atoms with Crippen molar-refractivity contribution < 1.29 is 23.5 Å². The first-order chi connectivity index (χ1) is 14.0. The summed E-state index contributed by atoms with van der Waals surface area (Å²) >= 11 is 3.38. The molecule has 4 rings (SSSR count). The molecule has 1 aliphatic heterocycles. The molecule has 3 aromatic carbocycles. The van der Waals surface area contributed by atoms with Gasteiger partial charge in [-0.25, -0.2) is 4.39 Å². The van der Waals surface area contributed by atoms with Crippen LogP contribution in [0.3, 0.4) is 0 Å². The van der Waals surface area contributed by atoms with E-state index < -0.39 is 11.7 Å². The zero-order valence-corrected chi connectivity index (χ0v) is 16.7. The van der Waals surface area contributed by atoms with Gasteiger partial charge in [-0.2, -0.15) is 0 Å². The number of anilines is 1. The van der Waals surface area contributed by atoms with Gasteiger partial charge in [0.15, 0.2) is 17.3 Å². The number of carbonyl (C=O) groups is 2. The van der Waals surface area contributed by atoms with Crippen LogP contribution in [0.25, 0.3) is 0 Å². The van der Waals surface area contributed by atoms with E-state index >= 15 is 0 Å². The van der Waals surface area contributed by atoms with Gasteiger partial charge in [0.2, 0.25) is 0 Å². The van der Waals surface area contributed by atoms with Crippen molar-refractivity contribution in [3.63, 3.8) is 0 Å². The Morgan fingerprint density at radius 2 is 1.48 bits per heavy atom. The van der Waals surface area contributed by atoms with Crippen LogP contribution in [0.5, 0.6) is 11.5 Å². The zero-order chi connectivity index (χ0) is 20.4.